The molecule has 0 unspecified atom stereocenters. The Bertz CT molecular complexity index is 1370. The van der Waals surface area contributed by atoms with Crippen LogP contribution < -0.4 is 26.6 Å². The Labute approximate surface area is 435 Å². The van der Waals surface area contributed by atoms with Gasteiger partial charge in [0.25, 0.3) is 0 Å². The van der Waals surface area contributed by atoms with E-state index in [2.05, 4.69) is 26.6 Å². The maximum absolute atomic E-state index is 13.6. The van der Waals surface area contributed by atoms with Gasteiger partial charge in [-0.15, -0.1) is 0 Å². The fraction of sp³-hybridized carbons (Fsp3) is 0.833. The molecule has 20 nitrogen and oxygen atoms in total. The number of hydrogen-bond donors (Lipinski definition) is 8. The van der Waals surface area contributed by atoms with Crippen LogP contribution in [0.15, 0.2) is 0 Å². The third kappa shape index (κ3) is 48.4. The van der Waals surface area contributed by atoms with Crippen LogP contribution in [0.25, 0.3) is 0 Å². The molecular formula is C48H84Cl3N5O15. The van der Waals surface area contributed by atoms with E-state index < -0.39 is 33.3 Å². The third-order valence-corrected chi connectivity index (χ3v) is 11.2. The smallest absolute Gasteiger partial charge is 0.407 e. The van der Waals surface area contributed by atoms with Gasteiger partial charge in [0, 0.05) is 71.1 Å². The van der Waals surface area contributed by atoms with E-state index >= 15 is 0 Å². The summed E-state index contributed by atoms with van der Waals surface area (Å²) in [5.74, 6) is -3.40. The first-order valence-electron chi connectivity index (χ1n) is 25.4. The van der Waals surface area contributed by atoms with Crippen LogP contribution in [0.3, 0.4) is 0 Å². The average Bonchev–Trinajstić information content (AvgIpc) is 3.30. The molecule has 0 radical (unpaired) electrons. The summed E-state index contributed by atoms with van der Waals surface area (Å²) in [4.78, 5) is 95.4. The van der Waals surface area contributed by atoms with Crippen LogP contribution >= 0.6 is 34.8 Å². The number of hydrogen-bond acceptors (Lipinski definition) is 12. The standard InChI is InChI=1S/C48H84Cl3N5O15/c49-48(50,51)38-71-46(67)55-31-20-12-1-5-13-21-42(60)56-47(35-68-32-25-39(57)52-28-17-9-2-6-14-22-43(61)62,36-69-33-26-40(58)53-29-18-10-3-7-15-23-44(63)64)37-70-34-27-41(59)54-30-19-11-4-8-16-24-45(65)66/h1-38H2,(H,52,57)(H,53,58)(H,54,59)(H,55,67)(H,56,60)(H,61,62)(H,63,64)(H,65,66). The predicted molar refractivity (Wildman–Crippen MR) is 270 cm³/mol. The highest BCUT2D eigenvalue weighted by atomic mass is 35.6. The highest BCUT2D eigenvalue weighted by Gasteiger charge is 2.34. The molecule has 0 heterocycles. The zero-order chi connectivity index (χ0) is 52.9. The molecule has 0 aliphatic rings. The molecule has 0 rings (SSSR count). The van der Waals surface area contributed by atoms with E-state index in [1.807, 2.05) is 0 Å². The Hall–Kier alpha value is -3.69. The van der Waals surface area contributed by atoms with Crippen LogP contribution in [-0.2, 0) is 52.5 Å². The number of aliphatic carboxylic acids is 3. The van der Waals surface area contributed by atoms with Gasteiger partial charge in [0.2, 0.25) is 27.4 Å². The van der Waals surface area contributed by atoms with Gasteiger partial charge in [-0.3, -0.25) is 33.6 Å². The Kier molecular flexibility index (Phi) is 42.6. The number of carbonyl (C=O) groups excluding carboxylic acids is 5. The topological polar surface area (TPSA) is 294 Å². The van der Waals surface area contributed by atoms with Gasteiger partial charge in [-0.1, -0.05) is 112 Å². The van der Waals surface area contributed by atoms with Crippen molar-refractivity contribution in [2.75, 3.05) is 72.4 Å². The van der Waals surface area contributed by atoms with Crippen molar-refractivity contribution in [3.05, 3.63) is 0 Å². The lowest BCUT2D eigenvalue weighted by molar-refractivity contribution is -0.138. The quantitative estimate of drug-likeness (QED) is 0.0222. The average molecular weight is 1080 g/mol. The van der Waals surface area contributed by atoms with E-state index in [1.54, 1.807) is 0 Å². The number of alkyl carbamates (subject to hydrolysis) is 1. The van der Waals surface area contributed by atoms with Crippen molar-refractivity contribution in [3.63, 3.8) is 0 Å². The first-order chi connectivity index (χ1) is 33.9. The van der Waals surface area contributed by atoms with Gasteiger partial charge in [0.05, 0.1) is 39.6 Å². The molecule has 0 aromatic carbocycles. The monoisotopic (exact) mass is 1080 g/mol. The van der Waals surface area contributed by atoms with Crippen molar-refractivity contribution in [1.29, 1.82) is 0 Å². The summed E-state index contributed by atoms with van der Waals surface area (Å²) < 4.78 is 21.2. The second-order valence-electron chi connectivity index (χ2n) is 17.7. The summed E-state index contributed by atoms with van der Waals surface area (Å²) in [5, 5.41) is 40.6. The maximum Gasteiger partial charge on any atom is 0.407 e. The van der Waals surface area contributed by atoms with Gasteiger partial charge < -0.3 is 60.9 Å². The summed E-state index contributed by atoms with van der Waals surface area (Å²) in [6.45, 7) is 1.09. The largest absolute Gasteiger partial charge is 0.481 e. The highest BCUT2D eigenvalue weighted by molar-refractivity contribution is 6.67. The number of carbonyl (C=O) groups is 8. The lowest BCUT2D eigenvalue weighted by Gasteiger charge is -2.34. The summed E-state index contributed by atoms with van der Waals surface area (Å²) >= 11 is 16.8. The molecule has 0 atom stereocenters. The number of ether oxygens (including phenoxy) is 4. The van der Waals surface area contributed by atoms with E-state index in [0.717, 1.165) is 96.3 Å². The first-order valence-corrected chi connectivity index (χ1v) is 26.5. The number of amides is 5. The molecule has 71 heavy (non-hydrogen) atoms. The zero-order valence-electron chi connectivity index (χ0n) is 41.7. The SMILES string of the molecule is O=C(O)CCCCCCCNC(=O)CCOCC(COCCC(=O)NCCCCCCCC(=O)O)(COCCC(=O)NCCCCCCCC(=O)O)NC(=O)CCCCCCCNC(=O)OCC(Cl)(Cl)Cl. The fourth-order valence-corrected chi connectivity index (χ4v) is 7.13. The Balaban J connectivity index is 5.49. The number of unbranched alkanes of at least 4 members (excludes halogenated alkanes) is 16. The van der Waals surface area contributed by atoms with E-state index in [9.17, 15) is 38.4 Å². The summed E-state index contributed by atoms with van der Waals surface area (Å²) in [6, 6.07) is 0. The summed E-state index contributed by atoms with van der Waals surface area (Å²) in [6.07, 6.45) is 15.2. The zero-order valence-corrected chi connectivity index (χ0v) is 44.0. The lowest BCUT2D eigenvalue weighted by atomic mass is 10.0. The number of carboxylic acid groups (broad SMARTS) is 3. The van der Waals surface area contributed by atoms with Crippen molar-refractivity contribution in [3.8, 4) is 0 Å². The molecule has 0 fully saturated rings. The van der Waals surface area contributed by atoms with Crippen LogP contribution in [0, 0.1) is 0 Å². The molecule has 0 aromatic heterocycles. The second-order valence-corrected chi connectivity index (χ2v) is 20.2. The molecule has 0 aromatic rings. The van der Waals surface area contributed by atoms with Gasteiger partial charge in [0.1, 0.15) is 12.1 Å². The van der Waals surface area contributed by atoms with Crippen molar-refractivity contribution in [2.45, 2.75) is 183 Å². The van der Waals surface area contributed by atoms with Gasteiger partial charge in [-0.05, 0) is 51.4 Å². The fourth-order valence-electron chi connectivity index (χ4n) is 6.96. The van der Waals surface area contributed by atoms with Crippen molar-refractivity contribution in [1.82, 2.24) is 26.6 Å². The van der Waals surface area contributed by atoms with Crippen LogP contribution in [0.5, 0.6) is 0 Å². The van der Waals surface area contributed by atoms with Crippen LogP contribution in [0.1, 0.15) is 173 Å². The van der Waals surface area contributed by atoms with Crippen LogP contribution in [0.2, 0.25) is 0 Å². The first kappa shape index (κ1) is 67.3. The number of carboxylic acids is 3. The van der Waals surface area contributed by atoms with Gasteiger partial charge in [-0.25, -0.2) is 4.79 Å². The highest BCUT2D eigenvalue weighted by Crippen LogP contribution is 2.26. The minimum absolute atomic E-state index is 0.0159. The normalized spacial score (nSPS) is 11.4. The third-order valence-electron chi connectivity index (χ3n) is 10.8. The van der Waals surface area contributed by atoms with E-state index in [-0.39, 0.29) is 115 Å². The molecule has 5 amide bonds. The summed E-state index contributed by atoms with van der Waals surface area (Å²) in [5.41, 5.74) is -1.27. The molecule has 0 bridgehead atoms. The van der Waals surface area contributed by atoms with Crippen LogP contribution in [0.4, 0.5) is 4.79 Å². The molecular weight excluding hydrogens is 993 g/mol. The lowest BCUT2D eigenvalue weighted by Crippen LogP contribution is -2.58. The van der Waals surface area contributed by atoms with Gasteiger partial charge >= 0.3 is 24.0 Å². The number of nitrogens with one attached hydrogen (secondary N) is 5. The van der Waals surface area contributed by atoms with Crippen molar-refractivity contribution in [2.24, 2.45) is 0 Å². The molecule has 0 saturated carbocycles. The molecule has 0 aliphatic carbocycles. The van der Waals surface area contributed by atoms with Crippen LogP contribution in [-0.4, -0.2) is 145 Å². The van der Waals surface area contributed by atoms with Crippen molar-refractivity contribution >= 4 is 82.4 Å². The Morgan fingerprint density at radius 3 is 0.972 bits per heavy atom. The molecule has 0 spiro atoms. The minimum Gasteiger partial charge on any atom is -0.481 e. The second kappa shape index (κ2) is 45.0. The van der Waals surface area contributed by atoms with Gasteiger partial charge in [-0.2, -0.15) is 0 Å². The molecule has 0 saturated heterocycles. The molecule has 0 aliphatic heterocycles. The number of alkyl halides is 3. The maximum atomic E-state index is 13.6. The molecule has 8 N–H and O–H groups in total. The summed E-state index contributed by atoms with van der Waals surface area (Å²) in [7, 11) is 0. The Morgan fingerprint density at radius 1 is 0.352 bits per heavy atom. The molecule has 23 heteroatoms. The minimum atomic E-state index is -1.70. The number of rotatable bonds is 49. The number of halogens is 3. The predicted octanol–water partition coefficient (Wildman–Crippen LogP) is 7.12. The molecule has 412 valence electrons. The van der Waals surface area contributed by atoms with E-state index in [4.69, 9.17) is 69.1 Å². The van der Waals surface area contributed by atoms with Gasteiger partial charge in [0.15, 0.2) is 0 Å². The van der Waals surface area contributed by atoms with Crippen molar-refractivity contribution < 1.29 is 72.6 Å². The Morgan fingerprint density at radius 2 is 0.648 bits per heavy atom. The van der Waals surface area contributed by atoms with E-state index in [0.29, 0.717) is 58.3 Å². The van der Waals surface area contributed by atoms with E-state index in [1.165, 1.54) is 0 Å².